The van der Waals surface area contributed by atoms with Crippen molar-refractivity contribution in [1.29, 1.82) is 0 Å². The summed E-state index contributed by atoms with van der Waals surface area (Å²) in [5.74, 6) is 0.301. The molecule has 2 aliphatic heterocycles. The van der Waals surface area contributed by atoms with Gasteiger partial charge in [-0.15, -0.1) is 0 Å². The highest BCUT2D eigenvalue weighted by Gasteiger charge is 2.36. The van der Waals surface area contributed by atoms with E-state index in [2.05, 4.69) is 33.9 Å². The average molecular weight is 381 g/mol. The molecule has 2 heterocycles. The summed E-state index contributed by atoms with van der Waals surface area (Å²) in [7, 11) is 1.43. The van der Waals surface area contributed by atoms with Gasteiger partial charge in [-0.1, -0.05) is 12.1 Å². The van der Waals surface area contributed by atoms with Gasteiger partial charge in [-0.25, -0.2) is 0 Å². The Balaban J connectivity index is 0.00000243. The molecule has 26 heavy (non-hydrogen) atoms. The van der Waals surface area contributed by atoms with E-state index < -0.39 is 0 Å². The molecule has 3 rings (SSSR count). The van der Waals surface area contributed by atoms with Gasteiger partial charge >= 0.3 is 5.97 Å². The van der Waals surface area contributed by atoms with Crippen LogP contribution in [-0.2, 0) is 20.7 Å². The standard InChI is InChI=1S/C20H29N2O3.ClH/c1-25-20(24)4-2-3-17-5-7-18(8-6-17)21-11-15-22(16-12-21)13-9-19(23)10-14-22;/h5-8H,2-4,9-16H2,1H3;1H/q+1;/p-1. The second kappa shape index (κ2) is 9.38. The van der Waals surface area contributed by atoms with Crippen molar-refractivity contribution in [2.75, 3.05) is 51.3 Å². The van der Waals surface area contributed by atoms with Crippen LogP contribution in [0.2, 0.25) is 0 Å². The van der Waals surface area contributed by atoms with Gasteiger partial charge in [0, 0.05) is 12.1 Å². The Morgan fingerprint density at radius 2 is 1.69 bits per heavy atom. The summed E-state index contributed by atoms with van der Waals surface area (Å²) in [5, 5.41) is 0. The normalized spacial score (nSPS) is 19.1. The molecule has 1 spiro atoms. The highest BCUT2D eigenvalue weighted by molar-refractivity contribution is 5.79. The van der Waals surface area contributed by atoms with Gasteiger partial charge in [-0.3, -0.25) is 9.59 Å². The van der Waals surface area contributed by atoms with Crippen LogP contribution in [0.3, 0.4) is 0 Å². The first kappa shape index (κ1) is 20.7. The number of rotatable bonds is 5. The summed E-state index contributed by atoms with van der Waals surface area (Å²) in [6.45, 7) is 6.49. The summed E-state index contributed by atoms with van der Waals surface area (Å²) < 4.78 is 5.81. The molecule has 0 radical (unpaired) electrons. The molecular weight excluding hydrogens is 352 g/mol. The first-order valence-electron chi connectivity index (χ1n) is 9.38. The third kappa shape index (κ3) is 5.21. The lowest BCUT2D eigenvalue weighted by Gasteiger charge is -2.47. The van der Waals surface area contributed by atoms with Crippen molar-refractivity contribution in [3.63, 3.8) is 0 Å². The summed E-state index contributed by atoms with van der Waals surface area (Å²) in [6, 6.07) is 8.74. The number of Topliss-reactive ketones (excluding diaryl/α,β-unsaturated/α-hetero) is 1. The van der Waals surface area contributed by atoms with Gasteiger partial charge in [0.2, 0.25) is 0 Å². The predicted octanol–water partition coefficient (Wildman–Crippen LogP) is -0.814. The minimum atomic E-state index is -0.138. The van der Waals surface area contributed by atoms with E-state index >= 15 is 0 Å². The summed E-state index contributed by atoms with van der Waals surface area (Å²) >= 11 is 0. The first-order chi connectivity index (χ1) is 12.1. The number of ether oxygens (including phenoxy) is 1. The van der Waals surface area contributed by atoms with Crippen molar-refractivity contribution in [2.24, 2.45) is 0 Å². The molecule has 0 atom stereocenters. The van der Waals surface area contributed by atoms with Crippen LogP contribution in [0.15, 0.2) is 24.3 Å². The number of methoxy groups -OCH3 is 1. The molecule has 0 saturated carbocycles. The summed E-state index contributed by atoms with van der Waals surface area (Å²) in [4.78, 5) is 25.1. The van der Waals surface area contributed by atoms with E-state index in [0.29, 0.717) is 12.2 Å². The third-order valence-corrected chi connectivity index (χ3v) is 5.79. The number of ketones is 1. The molecule has 0 N–H and O–H groups in total. The van der Waals surface area contributed by atoms with Crippen molar-refractivity contribution < 1.29 is 31.2 Å². The lowest BCUT2D eigenvalue weighted by Crippen LogP contribution is -3.00. The average Bonchev–Trinajstić information content (AvgIpc) is 2.65. The number of halogens is 1. The molecule has 2 fully saturated rings. The van der Waals surface area contributed by atoms with Crippen LogP contribution >= 0.6 is 0 Å². The second-order valence-electron chi connectivity index (χ2n) is 7.36. The molecule has 144 valence electrons. The number of carbonyl (C=O) groups excluding carboxylic acids is 2. The zero-order valence-electron chi connectivity index (χ0n) is 15.6. The minimum absolute atomic E-state index is 0. The van der Waals surface area contributed by atoms with Gasteiger partial charge in [0.05, 0.1) is 59.2 Å². The quantitative estimate of drug-likeness (QED) is 0.495. The Morgan fingerprint density at radius 1 is 1.08 bits per heavy atom. The second-order valence-corrected chi connectivity index (χ2v) is 7.36. The monoisotopic (exact) mass is 380 g/mol. The van der Waals surface area contributed by atoms with Crippen LogP contribution in [0.5, 0.6) is 0 Å². The van der Waals surface area contributed by atoms with Crippen LogP contribution < -0.4 is 17.3 Å². The van der Waals surface area contributed by atoms with E-state index in [4.69, 9.17) is 0 Å². The highest BCUT2D eigenvalue weighted by atomic mass is 35.5. The van der Waals surface area contributed by atoms with Crippen LogP contribution in [0.25, 0.3) is 0 Å². The largest absolute Gasteiger partial charge is 1.00 e. The Bertz CT molecular complexity index is 598. The predicted molar refractivity (Wildman–Crippen MR) is 97.6 cm³/mol. The Kier molecular flexibility index (Phi) is 7.47. The van der Waals surface area contributed by atoms with Crippen molar-refractivity contribution in [1.82, 2.24) is 0 Å². The van der Waals surface area contributed by atoms with Crippen molar-refractivity contribution in [2.45, 2.75) is 32.1 Å². The van der Waals surface area contributed by atoms with Gasteiger partial charge in [-0.2, -0.15) is 0 Å². The Labute approximate surface area is 162 Å². The van der Waals surface area contributed by atoms with E-state index in [1.165, 1.54) is 18.4 Å². The molecule has 5 nitrogen and oxygen atoms in total. The molecule has 0 aliphatic carbocycles. The van der Waals surface area contributed by atoms with Gasteiger partial charge in [0.25, 0.3) is 0 Å². The van der Waals surface area contributed by atoms with Crippen LogP contribution in [0, 0.1) is 0 Å². The fourth-order valence-corrected chi connectivity index (χ4v) is 3.97. The lowest BCUT2D eigenvalue weighted by atomic mass is 10.0. The van der Waals surface area contributed by atoms with E-state index in [1.807, 2.05) is 0 Å². The number of piperazine rings is 1. The topological polar surface area (TPSA) is 46.6 Å². The fraction of sp³-hybridized carbons (Fsp3) is 0.600. The molecule has 2 aliphatic rings. The number of nitrogens with zero attached hydrogens (tertiary/aromatic N) is 2. The molecular formula is C20H29ClN2O3. The molecule has 1 aromatic carbocycles. The van der Waals surface area contributed by atoms with Crippen molar-refractivity contribution in [3.8, 4) is 0 Å². The van der Waals surface area contributed by atoms with Crippen molar-refractivity contribution >= 4 is 17.4 Å². The molecule has 0 amide bonds. The number of aryl methyl sites for hydroxylation is 1. The SMILES string of the molecule is COC(=O)CCCc1ccc(N2CC[N+]3(CCC(=O)CC3)CC2)cc1.[Cl-]. The van der Waals surface area contributed by atoms with Crippen LogP contribution in [-0.4, -0.2) is 62.6 Å². The third-order valence-electron chi connectivity index (χ3n) is 5.79. The number of benzene rings is 1. The minimum Gasteiger partial charge on any atom is -1.00 e. The zero-order chi connectivity index (χ0) is 17.7. The zero-order valence-corrected chi connectivity index (χ0v) is 16.3. The van der Waals surface area contributed by atoms with E-state index in [1.54, 1.807) is 0 Å². The van der Waals surface area contributed by atoms with Gasteiger partial charge in [-0.05, 0) is 30.5 Å². The van der Waals surface area contributed by atoms with Crippen LogP contribution in [0.1, 0.15) is 31.2 Å². The maximum Gasteiger partial charge on any atom is 0.305 e. The van der Waals surface area contributed by atoms with Gasteiger partial charge < -0.3 is 26.5 Å². The molecule has 1 aromatic rings. The smallest absolute Gasteiger partial charge is 0.305 e. The number of quaternary nitrogens is 1. The maximum absolute atomic E-state index is 11.5. The highest BCUT2D eigenvalue weighted by Crippen LogP contribution is 2.24. The lowest BCUT2D eigenvalue weighted by molar-refractivity contribution is -0.929. The van der Waals surface area contributed by atoms with E-state index in [0.717, 1.165) is 69.4 Å². The van der Waals surface area contributed by atoms with Gasteiger partial charge in [0.1, 0.15) is 5.78 Å². The van der Waals surface area contributed by atoms with Gasteiger partial charge in [0.15, 0.2) is 0 Å². The Morgan fingerprint density at radius 3 is 2.27 bits per heavy atom. The summed E-state index contributed by atoms with van der Waals surface area (Å²) in [5.41, 5.74) is 2.55. The maximum atomic E-state index is 11.5. The number of esters is 1. The molecule has 0 bridgehead atoms. The molecule has 2 saturated heterocycles. The van der Waals surface area contributed by atoms with Crippen molar-refractivity contribution in [3.05, 3.63) is 29.8 Å². The molecule has 0 unspecified atom stereocenters. The Hall–Kier alpha value is -1.59. The summed E-state index contributed by atoms with van der Waals surface area (Å²) in [6.07, 6.45) is 3.74. The van der Waals surface area contributed by atoms with E-state index in [9.17, 15) is 9.59 Å². The first-order valence-corrected chi connectivity index (χ1v) is 9.38. The van der Waals surface area contributed by atoms with E-state index in [-0.39, 0.29) is 18.4 Å². The van der Waals surface area contributed by atoms with Crippen LogP contribution in [0.4, 0.5) is 5.69 Å². The number of anilines is 1. The molecule has 6 heteroatoms. The number of hydrogen-bond donors (Lipinski definition) is 0. The number of piperidine rings is 1. The fourth-order valence-electron chi connectivity index (χ4n) is 3.97. The molecule has 0 aromatic heterocycles. The number of carbonyl (C=O) groups is 2. The number of hydrogen-bond acceptors (Lipinski definition) is 4.